The summed E-state index contributed by atoms with van der Waals surface area (Å²) in [5.74, 6) is 1.15. The van der Waals surface area contributed by atoms with Gasteiger partial charge in [-0.05, 0) is 65.6 Å². The average molecular weight is 430 g/mol. The molecule has 5 rings (SSSR count). The van der Waals surface area contributed by atoms with E-state index in [2.05, 4.69) is 52.3 Å². The van der Waals surface area contributed by atoms with Crippen molar-refractivity contribution in [2.45, 2.75) is 25.6 Å². The first-order valence-corrected chi connectivity index (χ1v) is 11.0. The molecule has 0 saturated carbocycles. The SMILES string of the molecule is O=C(NCc1cccc(-c2cccc(CNC3CCNC3)c2)c1)c1ccc2c(c1)OCO2. The van der Waals surface area contributed by atoms with E-state index >= 15 is 0 Å². The van der Waals surface area contributed by atoms with Gasteiger partial charge in [0, 0.05) is 31.2 Å². The number of ether oxygens (including phenoxy) is 2. The maximum atomic E-state index is 12.6. The van der Waals surface area contributed by atoms with Crippen LogP contribution in [0.2, 0.25) is 0 Å². The molecule has 3 aromatic rings. The monoisotopic (exact) mass is 429 g/mol. The van der Waals surface area contributed by atoms with E-state index in [9.17, 15) is 4.79 Å². The van der Waals surface area contributed by atoms with Crippen LogP contribution in [-0.2, 0) is 13.1 Å². The molecular formula is C26H27N3O3. The van der Waals surface area contributed by atoms with Crippen molar-refractivity contribution >= 4 is 5.91 Å². The number of fused-ring (bicyclic) bond motifs is 1. The first kappa shape index (κ1) is 20.5. The van der Waals surface area contributed by atoms with Crippen LogP contribution < -0.4 is 25.4 Å². The van der Waals surface area contributed by atoms with Crippen LogP contribution in [0.15, 0.2) is 66.7 Å². The second-order valence-electron chi connectivity index (χ2n) is 8.22. The van der Waals surface area contributed by atoms with Gasteiger partial charge in [0.15, 0.2) is 11.5 Å². The predicted molar refractivity (Wildman–Crippen MR) is 124 cm³/mol. The maximum absolute atomic E-state index is 12.6. The number of carbonyl (C=O) groups is 1. The van der Waals surface area contributed by atoms with Crippen LogP contribution >= 0.6 is 0 Å². The van der Waals surface area contributed by atoms with Gasteiger partial charge >= 0.3 is 0 Å². The van der Waals surface area contributed by atoms with Crippen LogP contribution in [0.25, 0.3) is 11.1 Å². The van der Waals surface area contributed by atoms with Gasteiger partial charge < -0.3 is 25.4 Å². The van der Waals surface area contributed by atoms with Gasteiger partial charge in [-0.25, -0.2) is 0 Å². The quantitative estimate of drug-likeness (QED) is 0.537. The summed E-state index contributed by atoms with van der Waals surface area (Å²) in [6.07, 6.45) is 1.18. The standard InChI is InChI=1S/C26H27N3O3/c30-26(22-7-8-24-25(13-22)32-17-31-24)29-15-19-4-2-6-21(12-19)20-5-1-3-18(11-20)14-28-23-9-10-27-16-23/h1-8,11-13,23,27-28H,9-10,14-17H2,(H,29,30). The zero-order valence-electron chi connectivity index (χ0n) is 17.9. The topological polar surface area (TPSA) is 71.6 Å². The highest BCUT2D eigenvalue weighted by Crippen LogP contribution is 2.32. The number of amides is 1. The van der Waals surface area contributed by atoms with E-state index in [1.54, 1.807) is 18.2 Å². The Morgan fingerprint density at radius 1 is 0.906 bits per heavy atom. The zero-order valence-corrected chi connectivity index (χ0v) is 17.9. The van der Waals surface area contributed by atoms with E-state index in [4.69, 9.17) is 9.47 Å². The van der Waals surface area contributed by atoms with Gasteiger partial charge in [0.2, 0.25) is 6.79 Å². The number of hydrogen-bond acceptors (Lipinski definition) is 5. The second-order valence-corrected chi connectivity index (χ2v) is 8.22. The lowest BCUT2D eigenvalue weighted by Crippen LogP contribution is -2.30. The van der Waals surface area contributed by atoms with Gasteiger partial charge in [0.1, 0.15) is 0 Å². The fourth-order valence-corrected chi connectivity index (χ4v) is 4.13. The number of hydrogen-bond donors (Lipinski definition) is 3. The molecule has 0 radical (unpaired) electrons. The molecule has 0 aliphatic carbocycles. The summed E-state index contributed by atoms with van der Waals surface area (Å²) in [6, 6.07) is 22.7. The lowest BCUT2D eigenvalue weighted by Gasteiger charge is -2.12. The summed E-state index contributed by atoms with van der Waals surface area (Å²) in [5, 5.41) is 10.0. The van der Waals surface area contributed by atoms with E-state index in [1.807, 2.05) is 12.1 Å². The van der Waals surface area contributed by atoms with Gasteiger partial charge in [-0.3, -0.25) is 4.79 Å². The summed E-state index contributed by atoms with van der Waals surface area (Å²) >= 11 is 0. The molecule has 0 aromatic heterocycles. The Bertz CT molecular complexity index is 1110. The fourth-order valence-electron chi connectivity index (χ4n) is 4.13. The summed E-state index contributed by atoms with van der Waals surface area (Å²) < 4.78 is 10.7. The average Bonchev–Trinajstić information content (AvgIpc) is 3.53. The Kier molecular flexibility index (Phi) is 6.05. The molecule has 0 bridgehead atoms. The van der Waals surface area contributed by atoms with Crippen molar-refractivity contribution in [3.05, 3.63) is 83.4 Å². The van der Waals surface area contributed by atoms with Crippen LogP contribution in [0.5, 0.6) is 11.5 Å². The number of nitrogens with one attached hydrogen (secondary N) is 3. The Morgan fingerprint density at radius 2 is 1.66 bits per heavy atom. The van der Waals surface area contributed by atoms with Crippen LogP contribution in [0.3, 0.4) is 0 Å². The van der Waals surface area contributed by atoms with Crippen molar-refractivity contribution in [3.63, 3.8) is 0 Å². The Morgan fingerprint density at radius 3 is 2.41 bits per heavy atom. The minimum atomic E-state index is -0.136. The minimum absolute atomic E-state index is 0.136. The molecule has 6 heteroatoms. The summed E-state index contributed by atoms with van der Waals surface area (Å²) in [6.45, 7) is 3.65. The molecule has 6 nitrogen and oxygen atoms in total. The van der Waals surface area contributed by atoms with Crippen LogP contribution in [0.4, 0.5) is 0 Å². The molecule has 1 saturated heterocycles. The minimum Gasteiger partial charge on any atom is -0.454 e. The van der Waals surface area contributed by atoms with Crippen molar-refractivity contribution in [2.24, 2.45) is 0 Å². The van der Waals surface area contributed by atoms with E-state index in [0.717, 1.165) is 30.8 Å². The van der Waals surface area contributed by atoms with Crippen LogP contribution in [0, 0.1) is 0 Å². The third-order valence-corrected chi connectivity index (χ3v) is 5.93. The van der Waals surface area contributed by atoms with E-state index in [0.29, 0.717) is 29.6 Å². The molecule has 0 spiro atoms. The highest BCUT2D eigenvalue weighted by Gasteiger charge is 2.16. The molecular weight excluding hydrogens is 402 g/mol. The zero-order chi connectivity index (χ0) is 21.8. The third-order valence-electron chi connectivity index (χ3n) is 5.93. The Balaban J connectivity index is 1.22. The van der Waals surface area contributed by atoms with Crippen molar-refractivity contribution in [1.29, 1.82) is 0 Å². The van der Waals surface area contributed by atoms with Gasteiger partial charge in [-0.15, -0.1) is 0 Å². The smallest absolute Gasteiger partial charge is 0.251 e. The molecule has 1 atom stereocenters. The third kappa shape index (κ3) is 4.77. The van der Waals surface area contributed by atoms with E-state index in [1.165, 1.54) is 17.5 Å². The predicted octanol–water partition coefficient (Wildman–Crippen LogP) is 3.46. The van der Waals surface area contributed by atoms with Gasteiger partial charge in [0.05, 0.1) is 0 Å². The molecule has 164 valence electrons. The summed E-state index contributed by atoms with van der Waals surface area (Å²) in [7, 11) is 0. The molecule has 3 aromatic carbocycles. The van der Waals surface area contributed by atoms with Crippen molar-refractivity contribution in [2.75, 3.05) is 19.9 Å². The lowest BCUT2D eigenvalue weighted by atomic mass is 10.0. The van der Waals surface area contributed by atoms with E-state index < -0.39 is 0 Å². The summed E-state index contributed by atoms with van der Waals surface area (Å²) in [4.78, 5) is 12.6. The van der Waals surface area contributed by atoms with Gasteiger partial charge in [-0.2, -0.15) is 0 Å². The van der Waals surface area contributed by atoms with Crippen molar-refractivity contribution in [3.8, 4) is 22.6 Å². The maximum Gasteiger partial charge on any atom is 0.251 e. The van der Waals surface area contributed by atoms with Crippen molar-refractivity contribution < 1.29 is 14.3 Å². The van der Waals surface area contributed by atoms with E-state index in [-0.39, 0.29) is 12.7 Å². The molecule has 3 N–H and O–H groups in total. The molecule has 2 heterocycles. The number of benzene rings is 3. The Labute approximate surface area is 187 Å². The van der Waals surface area contributed by atoms with Crippen LogP contribution in [-0.4, -0.2) is 31.8 Å². The molecule has 1 fully saturated rings. The highest BCUT2D eigenvalue weighted by molar-refractivity contribution is 5.94. The largest absolute Gasteiger partial charge is 0.454 e. The highest BCUT2D eigenvalue weighted by atomic mass is 16.7. The number of rotatable bonds is 7. The first-order chi connectivity index (χ1) is 15.7. The molecule has 1 unspecified atom stereocenters. The fraction of sp³-hybridized carbons (Fsp3) is 0.269. The first-order valence-electron chi connectivity index (χ1n) is 11.0. The molecule has 2 aliphatic rings. The lowest BCUT2D eigenvalue weighted by molar-refractivity contribution is 0.0950. The Hall–Kier alpha value is -3.35. The molecule has 2 aliphatic heterocycles. The van der Waals surface area contributed by atoms with Crippen LogP contribution in [0.1, 0.15) is 27.9 Å². The van der Waals surface area contributed by atoms with Gasteiger partial charge in [-0.1, -0.05) is 36.4 Å². The second kappa shape index (κ2) is 9.42. The van der Waals surface area contributed by atoms with Crippen molar-refractivity contribution in [1.82, 2.24) is 16.0 Å². The number of carbonyl (C=O) groups excluding carboxylic acids is 1. The normalized spacial score (nSPS) is 16.8. The van der Waals surface area contributed by atoms with Gasteiger partial charge in [0.25, 0.3) is 5.91 Å². The molecule has 32 heavy (non-hydrogen) atoms. The molecule has 1 amide bonds. The summed E-state index contributed by atoms with van der Waals surface area (Å²) in [5.41, 5.74) is 5.21.